The number of carboxylic acid groups (broad SMARTS) is 1. The standard InChI is InChI=1S/C16H20N2O5/c1-2-9-23-13-6-4-3-5-12(13)7-8-14(19)17-10-15(20)18-11-16(21)22/h3-8H,2,9-11H2,1H3,(H,17,19)(H,18,20)(H,21,22)/b8-7+. The van der Waals surface area contributed by atoms with Crippen molar-refractivity contribution < 1.29 is 24.2 Å². The maximum absolute atomic E-state index is 11.6. The Morgan fingerprint density at radius 3 is 2.61 bits per heavy atom. The van der Waals surface area contributed by atoms with E-state index in [1.165, 1.54) is 6.08 Å². The lowest BCUT2D eigenvalue weighted by Crippen LogP contribution is -2.38. The Labute approximate surface area is 134 Å². The van der Waals surface area contributed by atoms with Crippen molar-refractivity contribution in [3.8, 4) is 5.75 Å². The molecule has 0 saturated heterocycles. The summed E-state index contributed by atoms with van der Waals surface area (Å²) in [7, 11) is 0. The summed E-state index contributed by atoms with van der Waals surface area (Å²) in [6.45, 7) is 1.82. The fourth-order valence-electron chi connectivity index (χ4n) is 1.59. The van der Waals surface area contributed by atoms with Crippen molar-refractivity contribution in [2.24, 2.45) is 0 Å². The highest BCUT2D eigenvalue weighted by Crippen LogP contribution is 2.19. The summed E-state index contributed by atoms with van der Waals surface area (Å²) in [5.74, 6) is -1.49. The molecule has 0 fully saturated rings. The zero-order valence-corrected chi connectivity index (χ0v) is 12.9. The van der Waals surface area contributed by atoms with Crippen LogP contribution in [-0.2, 0) is 14.4 Å². The van der Waals surface area contributed by atoms with Gasteiger partial charge in [0.25, 0.3) is 0 Å². The number of carbonyl (C=O) groups is 3. The third-order valence-corrected chi connectivity index (χ3v) is 2.65. The molecule has 0 aromatic heterocycles. The van der Waals surface area contributed by atoms with Crippen LogP contribution in [0.3, 0.4) is 0 Å². The zero-order valence-electron chi connectivity index (χ0n) is 12.9. The van der Waals surface area contributed by atoms with E-state index in [0.717, 1.165) is 12.0 Å². The Morgan fingerprint density at radius 2 is 1.91 bits per heavy atom. The largest absolute Gasteiger partial charge is 0.493 e. The molecular formula is C16H20N2O5. The number of carbonyl (C=O) groups excluding carboxylic acids is 2. The van der Waals surface area contributed by atoms with Gasteiger partial charge in [-0.05, 0) is 18.6 Å². The summed E-state index contributed by atoms with van der Waals surface area (Å²) in [5, 5.41) is 12.9. The smallest absolute Gasteiger partial charge is 0.322 e. The molecule has 7 heteroatoms. The molecule has 7 nitrogen and oxygen atoms in total. The number of ether oxygens (including phenoxy) is 1. The van der Waals surface area contributed by atoms with Crippen LogP contribution in [0.1, 0.15) is 18.9 Å². The maximum Gasteiger partial charge on any atom is 0.322 e. The van der Waals surface area contributed by atoms with Crippen LogP contribution in [-0.4, -0.2) is 42.6 Å². The molecule has 1 rings (SSSR count). The number of para-hydroxylation sites is 1. The number of carboxylic acids is 1. The van der Waals surface area contributed by atoms with Gasteiger partial charge in [0.05, 0.1) is 13.2 Å². The van der Waals surface area contributed by atoms with Crippen LogP contribution in [0.5, 0.6) is 5.75 Å². The van der Waals surface area contributed by atoms with Gasteiger partial charge in [0.2, 0.25) is 11.8 Å². The Kier molecular flexibility index (Phi) is 7.91. The van der Waals surface area contributed by atoms with E-state index >= 15 is 0 Å². The van der Waals surface area contributed by atoms with Crippen LogP contribution in [0.15, 0.2) is 30.3 Å². The van der Waals surface area contributed by atoms with Gasteiger partial charge in [-0.25, -0.2) is 0 Å². The molecular weight excluding hydrogens is 300 g/mol. The topological polar surface area (TPSA) is 105 Å². The van der Waals surface area contributed by atoms with Crippen molar-refractivity contribution in [3.63, 3.8) is 0 Å². The second-order valence-electron chi connectivity index (χ2n) is 4.61. The first-order valence-electron chi connectivity index (χ1n) is 7.19. The van der Waals surface area contributed by atoms with Gasteiger partial charge < -0.3 is 20.5 Å². The normalized spacial score (nSPS) is 10.3. The van der Waals surface area contributed by atoms with Gasteiger partial charge in [-0.1, -0.05) is 25.1 Å². The van der Waals surface area contributed by atoms with Gasteiger partial charge in [-0.15, -0.1) is 0 Å². The minimum atomic E-state index is -1.15. The summed E-state index contributed by atoms with van der Waals surface area (Å²) >= 11 is 0. The van der Waals surface area contributed by atoms with E-state index in [4.69, 9.17) is 9.84 Å². The number of rotatable bonds is 9. The fraction of sp³-hybridized carbons (Fsp3) is 0.312. The third-order valence-electron chi connectivity index (χ3n) is 2.65. The molecule has 0 aliphatic heterocycles. The van der Waals surface area contributed by atoms with Crippen LogP contribution < -0.4 is 15.4 Å². The highest BCUT2D eigenvalue weighted by atomic mass is 16.5. The van der Waals surface area contributed by atoms with E-state index < -0.39 is 24.3 Å². The molecule has 2 amide bonds. The SMILES string of the molecule is CCCOc1ccccc1/C=C/C(=O)NCC(=O)NCC(=O)O. The van der Waals surface area contributed by atoms with Crippen molar-refractivity contribution in [2.45, 2.75) is 13.3 Å². The molecule has 3 N–H and O–H groups in total. The Morgan fingerprint density at radius 1 is 1.17 bits per heavy atom. The Bertz CT molecular complexity index is 584. The lowest BCUT2D eigenvalue weighted by molar-refractivity contribution is -0.137. The van der Waals surface area contributed by atoms with E-state index in [0.29, 0.717) is 12.4 Å². The predicted octanol–water partition coefficient (Wildman–Crippen LogP) is 0.806. The van der Waals surface area contributed by atoms with E-state index in [2.05, 4.69) is 10.6 Å². The zero-order chi connectivity index (χ0) is 17.1. The van der Waals surface area contributed by atoms with Crippen molar-refractivity contribution in [1.29, 1.82) is 0 Å². The second kappa shape index (κ2) is 9.99. The van der Waals surface area contributed by atoms with E-state index in [1.54, 1.807) is 6.08 Å². The van der Waals surface area contributed by atoms with Gasteiger partial charge in [-0.3, -0.25) is 14.4 Å². The second-order valence-corrected chi connectivity index (χ2v) is 4.61. The minimum absolute atomic E-state index is 0.287. The molecule has 1 aromatic rings. The lowest BCUT2D eigenvalue weighted by atomic mass is 10.2. The molecule has 0 bridgehead atoms. The van der Waals surface area contributed by atoms with Crippen LogP contribution >= 0.6 is 0 Å². The monoisotopic (exact) mass is 320 g/mol. The highest BCUT2D eigenvalue weighted by molar-refractivity contribution is 5.94. The Balaban J connectivity index is 2.49. The fourth-order valence-corrected chi connectivity index (χ4v) is 1.59. The summed E-state index contributed by atoms with van der Waals surface area (Å²) < 4.78 is 5.57. The van der Waals surface area contributed by atoms with Gasteiger partial charge in [0.15, 0.2) is 0 Å². The van der Waals surface area contributed by atoms with Gasteiger partial charge >= 0.3 is 5.97 Å². The van der Waals surface area contributed by atoms with Crippen LogP contribution in [0.2, 0.25) is 0 Å². The van der Waals surface area contributed by atoms with E-state index in [9.17, 15) is 14.4 Å². The third kappa shape index (κ3) is 7.66. The quantitative estimate of drug-likeness (QED) is 0.584. The number of nitrogens with one attached hydrogen (secondary N) is 2. The first kappa shape index (κ1) is 18.2. The number of amides is 2. The molecule has 0 aliphatic rings. The van der Waals surface area contributed by atoms with Gasteiger partial charge in [0.1, 0.15) is 12.3 Å². The first-order valence-corrected chi connectivity index (χ1v) is 7.19. The number of hydrogen-bond donors (Lipinski definition) is 3. The lowest BCUT2D eigenvalue weighted by Gasteiger charge is -2.07. The van der Waals surface area contributed by atoms with Crippen molar-refractivity contribution in [2.75, 3.05) is 19.7 Å². The van der Waals surface area contributed by atoms with E-state index in [1.807, 2.05) is 31.2 Å². The number of benzene rings is 1. The maximum atomic E-state index is 11.6. The molecule has 0 heterocycles. The van der Waals surface area contributed by atoms with Crippen molar-refractivity contribution >= 4 is 23.9 Å². The summed E-state index contributed by atoms with van der Waals surface area (Å²) in [5.41, 5.74) is 0.756. The first-order chi connectivity index (χ1) is 11.0. The summed E-state index contributed by atoms with van der Waals surface area (Å²) in [6.07, 6.45) is 3.76. The Hall–Kier alpha value is -2.83. The molecule has 0 aliphatic carbocycles. The molecule has 124 valence electrons. The average Bonchev–Trinajstić information content (AvgIpc) is 2.55. The van der Waals surface area contributed by atoms with Crippen LogP contribution in [0.25, 0.3) is 6.08 Å². The molecule has 0 atom stereocenters. The predicted molar refractivity (Wildman–Crippen MR) is 84.9 cm³/mol. The average molecular weight is 320 g/mol. The molecule has 0 radical (unpaired) electrons. The highest BCUT2D eigenvalue weighted by Gasteiger charge is 2.05. The summed E-state index contributed by atoms with van der Waals surface area (Å²) in [6, 6.07) is 7.30. The van der Waals surface area contributed by atoms with Crippen LogP contribution in [0.4, 0.5) is 0 Å². The van der Waals surface area contributed by atoms with Gasteiger partial charge in [-0.2, -0.15) is 0 Å². The molecule has 0 unspecified atom stereocenters. The number of hydrogen-bond acceptors (Lipinski definition) is 4. The van der Waals surface area contributed by atoms with Crippen LogP contribution in [0, 0.1) is 0 Å². The van der Waals surface area contributed by atoms with Gasteiger partial charge in [0, 0.05) is 11.6 Å². The van der Waals surface area contributed by atoms with Crippen molar-refractivity contribution in [1.82, 2.24) is 10.6 Å². The molecule has 0 saturated carbocycles. The van der Waals surface area contributed by atoms with Crippen molar-refractivity contribution in [3.05, 3.63) is 35.9 Å². The summed E-state index contributed by atoms with van der Waals surface area (Å²) in [4.78, 5) is 33.2. The van der Waals surface area contributed by atoms with E-state index in [-0.39, 0.29) is 6.54 Å². The number of aliphatic carboxylic acids is 1. The molecule has 1 aromatic carbocycles. The molecule has 23 heavy (non-hydrogen) atoms. The minimum Gasteiger partial charge on any atom is -0.493 e. The molecule has 0 spiro atoms.